The lowest BCUT2D eigenvalue weighted by Crippen LogP contribution is -2.43. The number of nitrogens with zero attached hydrogens (tertiary/aromatic N) is 1. The van der Waals surface area contributed by atoms with E-state index < -0.39 is 0 Å². The van der Waals surface area contributed by atoms with Gasteiger partial charge in [0.15, 0.2) is 0 Å². The average Bonchev–Trinajstić information content (AvgIpc) is 2.39. The molecule has 0 N–H and O–H groups in total. The number of piperidine rings is 1. The van der Waals surface area contributed by atoms with Crippen LogP contribution in [0.3, 0.4) is 0 Å². The number of fused-ring (bicyclic) bond motifs is 1. The van der Waals surface area contributed by atoms with Crippen molar-refractivity contribution in [3.05, 3.63) is 0 Å². The molecule has 94 valence electrons. The first-order valence-electron chi connectivity index (χ1n) is 7.51. The lowest BCUT2D eigenvalue weighted by atomic mass is 9.80. The predicted octanol–water partition coefficient (Wildman–Crippen LogP) is 4.08. The Hall–Kier alpha value is -0.0400. The van der Waals surface area contributed by atoms with Crippen LogP contribution in [0.25, 0.3) is 0 Å². The van der Waals surface area contributed by atoms with Crippen molar-refractivity contribution in [2.45, 2.75) is 71.3 Å². The molecule has 2 atom stereocenters. The van der Waals surface area contributed by atoms with Crippen LogP contribution < -0.4 is 0 Å². The molecule has 0 radical (unpaired) electrons. The minimum atomic E-state index is 0.758. The van der Waals surface area contributed by atoms with E-state index in [1.54, 1.807) is 0 Å². The van der Waals surface area contributed by atoms with Crippen molar-refractivity contribution in [2.75, 3.05) is 13.1 Å². The van der Waals surface area contributed by atoms with E-state index in [0.29, 0.717) is 0 Å². The Bertz CT molecular complexity index is 200. The molecule has 1 nitrogen and oxygen atoms in total. The summed E-state index contributed by atoms with van der Waals surface area (Å²) < 4.78 is 0. The molecule has 2 unspecified atom stereocenters. The van der Waals surface area contributed by atoms with Crippen LogP contribution in [0.1, 0.15) is 65.2 Å². The number of likely N-dealkylation sites (tertiary alicyclic amines) is 1. The van der Waals surface area contributed by atoms with Crippen LogP contribution in [0.4, 0.5) is 0 Å². The normalized spacial score (nSPS) is 33.9. The summed E-state index contributed by atoms with van der Waals surface area (Å²) in [6.07, 6.45) is 12.0. The molecule has 2 fully saturated rings. The number of hydrogen-bond donors (Lipinski definition) is 0. The number of hydrogen-bond acceptors (Lipinski definition) is 1. The van der Waals surface area contributed by atoms with E-state index in [-0.39, 0.29) is 0 Å². The first-order valence-corrected chi connectivity index (χ1v) is 7.51. The van der Waals surface area contributed by atoms with Gasteiger partial charge in [-0.1, -0.05) is 38.5 Å². The second-order valence-electron chi connectivity index (χ2n) is 6.24. The molecule has 0 bridgehead atoms. The summed E-state index contributed by atoms with van der Waals surface area (Å²) in [6, 6.07) is 0.758. The van der Waals surface area contributed by atoms with Gasteiger partial charge in [-0.3, -0.25) is 0 Å². The Balaban J connectivity index is 1.91. The second kappa shape index (κ2) is 6.05. The van der Waals surface area contributed by atoms with Gasteiger partial charge < -0.3 is 4.90 Å². The Labute approximate surface area is 102 Å². The lowest BCUT2D eigenvalue weighted by Gasteiger charge is -2.40. The molecule has 1 heteroatoms. The molecule has 16 heavy (non-hydrogen) atoms. The van der Waals surface area contributed by atoms with Crippen LogP contribution >= 0.6 is 0 Å². The minimum absolute atomic E-state index is 0.758. The van der Waals surface area contributed by atoms with Crippen LogP contribution in [0.15, 0.2) is 0 Å². The van der Waals surface area contributed by atoms with Gasteiger partial charge in [-0.15, -0.1) is 0 Å². The summed E-state index contributed by atoms with van der Waals surface area (Å²) in [7, 11) is 0. The van der Waals surface area contributed by atoms with Gasteiger partial charge in [-0.2, -0.15) is 0 Å². The molecule has 1 saturated carbocycles. The Morgan fingerprint density at radius 1 is 0.812 bits per heavy atom. The van der Waals surface area contributed by atoms with E-state index in [2.05, 4.69) is 18.7 Å². The molecule has 1 aliphatic carbocycles. The summed E-state index contributed by atoms with van der Waals surface area (Å²) in [6.45, 7) is 7.46. The third-order valence-corrected chi connectivity index (χ3v) is 4.80. The number of rotatable bonds is 1. The lowest BCUT2D eigenvalue weighted by molar-refractivity contribution is 0.0832. The third-order valence-electron chi connectivity index (χ3n) is 4.80. The summed E-state index contributed by atoms with van der Waals surface area (Å²) in [5.74, 6) is 2.09. The fraction of sp³-hybridized carbons (Fsp3) is 1.00. The van der Waals surface area contributed by atoms with Crippen LogP contribution in [0.2, 0.25) is 0 Å². The molecular weight excluding hydrogens is 194 g/mol. The molecular formula is C15H29N. The SMILES string of the molecule is CC(C)N1CCC2CCCCCCCC2C1. The van der Waals surface area contributed by atoms with Crippen molar-refractivity contribution in [1.29, 1.82) is 0 Å². The Morgan fingerprint density at radius 3 is 2.12 bits per heavy atom. The van der Waals surface area contributed by atoms with Crippen LogP contribution in [-0.4, -0.2) is 24.0 Å². The molecule has 2 rings (SSSR count). The molecule has 2 aliphatic rings. The van der Waals surface area contributed by atoms with Gasteiger partial charge >= 0.3 is 0 Å². The predicted molar refractivity (Wildman–Crippen MR) is 70.6 cm³/mol. The van der Waals surface area contributed by atoms with E-state index in [4.69, 9.17) is 0 Å². The quantitative estimate of drug-likeness (QED) is 0.647. The third kappa shape index (κ3) is 3.23. The van der Waals surface area contributed by atoms with Crippen molar-refractivity contribution in [3.63, 3.8) is 0 Å². The highest BCUT2D eigenvalue weighted by atomic mass is 15.2. The standard InChI is InChI=1S/C15H29N/c1-13(2)16-11-10-14-8-6-4-3-5-7-9-15(14)12-16/h13-15H,3-12H2,1-2H3. The summed E-state index contributed by atoms with van der Waals surface area (Å²) in [4.78, 5) is 2.71. The smallest absolute Gasteiger partial charge is 0.00387 e. The first-order chi connectivity index (χ1) is 7.77. The minimum Gasteiger partial charge on any atom is -0.301 e. The van der Waals surface area contributed by atoms with Gasteiger partial charge in [0, 0.05) is 12.6 Å². The van der Waals surface area contributed by atoms with Gasteiger partial charge in [-0.25, -0.2) is 0 Å². The van der Waals surface area contributed by atoms with E-state index in [9.17, 15) is 0 Å². The zero-order valence-electron chi connectivity index (χ0n) is 11.3. The zero-order chi connectivity index (χ0) is 11.4. The maximum Gasteiger partial charge on any atom is 0.00387 e. The van der Waals surface area contributed by atoms with Crippen LogP contribution in [0, 0.1) is 11.8 Å². The van der Waals surface area contributed by atoms with Gasteiger partial charge in [0.2, 0.25) is 0 Å². The fourth-order valence-electron chi connectivity index (χ4n) is 3.63. The fourth-order valence-corrected chi connectivity index (χ4v) is 3.63. The molecule has 0 aromatic carbocycles. The maximum atomic E-state index is 2.71. The van der Waals surface area contributed by atoms with Crippen molar-refractivity contribution in [2.24, 2.45) is 11.8 Å². The Kier molecular flexibility index (Phi) is 4.69. The average molecular weight is 223 g/mol. The van der Waals surface area contributed by atoms with Gasteiger partial charge in [0.1, 0.15) is 0 Å². The zero-order valence-corrected chi connectivity index (χ0v) is 11.3. The first kappa shape index (κ1) is 12.4. The highest BCUT2D eigenvalue weighted by Crippen LogP contribution is 2.34. The molecule has 1 aliphatic heterocycles. The molecule has 1 saturated heterocycles. The monoisotopic (exact) mass is 223 g/mol. The van der Waals surface area contributed by atoms with Crippen molar-refractivity contribution >= 4 is 0 Å². The van der Waals surface area contributed by atoms with Gasteiger partial charge in [0.25, 0.3) is 0 Å². The second-order valence-corrected chi connectivity index (χ2v) is 6.24. The van der Waals surface area contributed by atoms with E-state index >= 15 is 0 Å². The van der Waals surface area contributed by atoms with Crippen LogP contribution in [-0.2, 0) is 0 Å². The van der Waals surface area contributed by atoms with E-state index in [0.717, 1.165) is 17.9 Å². The van der Waals surface area contributed by atoms with E-state index in [1.165, 1.54) is 64.5 Å². The summed E-state index contributed by atoms with van der Waals surface area (Å²) in [5.41, 5.74) is 0. The highest BCUT2D eigenvalue weighted by Gasteiger charge is 2.29. The van der Waals surface area contributed by atoms with Crippen molar-refractivity contribution in [3.8, 4) is 0 Å². The molecule has 0 aromatic rings. The van der Waals surface area contributed by atoms with Gasteiger partial charge in [-0.05, 0) is 45.1 Å². The highest BCUT2D eigenvalue weighted by molar-refractivity contribution is 4.82. The molecule has 0 amide bonds. The molecule has 0 spiro atoms. The largest absolute Gasteiger partial charge is 0.301 e. The molecule has 0 aromatic heterocycles. The van der Waals surface area contributed by atoms with Crippen molar-refractivity contribution < 1.29 is 0 Å². The van der Waals surface area contributed by atoms with E-state index in [1.807, 2.05) is 0 Å². The summed E-state index contributed by atoms with van der Waals surface area (Å²) >= 11 is 0. The maximum absolute atomic E-state index is 2.71. The van der Waals surface area contributed by atoms with Gasteiger partial charge in [0.05, 0.1) is 0 Å². The topological polar surface area (TPSA) is 3.24 Å². The van der Waals surface area contributed by atoms with Crippen LogP contribution in [0.5, 0.6) is 0 Å². The van der Waals surface area contributed by atoms with Crippen molar-refractivity contribution in [1.82, 2.24) is 4.90 Å². The molecule has 1 heterocycles. The summed E-state index contributed by atoms with van der Waals surface area (Å²) in [5, 5.41) is 0. The Morgan fingerprint density at radius 2 is 1.44 bits per heavy atom.